The molecule has 1 aromatic heterocycles. The number of aliphatic hydroxyl groups excluding tert-OH is 1. The number of hydrogen-bond donors (Lipinski definition) is 2. The monoisotopic (exact) mass is 235 g/mol. The molecule has 92 valence electrons. The normalized spacial score (nSPS) is 21.4. The van der Waals surface area contributed by atoms with Gasteiger partial charge in [-0.15, -0.1) is 0 Å². The predicted octanol–water partition coefficient (Wildman–Crippen LogP) is -0.236. The molecule has 1 aliphatic rings. The Morgan fingerprint density at radius 2 is 2.24 bits per heavy atom. The minimum absolute atomic E-state index is 0.0261. The van der Waals surface area contributed by atoms with Gasteiger partial charge in [-0.1, -0.05) is 0 Å². The fourth-order valence-electron chi connectivity index (χ4n) is 1.97. The van der Waals surface area contributed by atoms with E-state index in [1.54, 1.807) is 17.3 Å². The molecule has 1 fully saturated rings. The molecule has 0 aromatic carbocycles. The average Bonchev–Trinajstić information content (AvgIpc) is 2.54. The highest BCUT2D eigenvalue weighted by Crippen LogP contribution is 2.08. The highest BCUT2D eigenvalue weighted by molar-refractivity contribution is 5.82. The third-order valence-corrected chi connectivity index (χ3v) is 2.91. The van der Waals surface area contributed by atoms with Crippen LogP contribution in [-0.2, 0) is 11.3 Å². The number of carbonyl (C=O) groups excluding carboxylic acids is 1. The van der Waals surface area contributed by atoms with Gasteiger partial charge in [0.1, 0.15) is 6.04 Å². The SMILES string of the molecule is O=C1C(CO)NCCCN1Cc1ccncc1. The van der Waals surface area contributed by atoms with E-state index < -0.39 is 6.04 Å². The molecule has 1 aliphatic heterocycles. The van der Waals surface area contributed by atoms with Crippen molar-refractivity contribution in [2.24, 2.45) is 0 Å². The van der Waals surface area contributed by atoms with E-state index >= 15 is 0 Å². The first-order valence-corrected chi connectivity index (χ1v) is 5.83. The zero-order valence-electron chi connectivity index (χ0n) is 9.67. The zero-order valence-corrected chi connectivity index (χ0v) is 9.67. The number of amides is 1. The molecule has 1 amide bonds. The second-order valence-corrected chi connectivity index (χ2v) is 4.16. The maximum atomic E-state index is 12.1. The van der Waals surface area contributed by atoms with Crippen LogP contribution in [0.25, 0.3) is 0 Å². The lowest BCUT2D eigenvalue weighted by Gasteiger charge is -2.23. The van der Waals surface area contributed by atoms with Gasteiger partial charge in [0.15, 0.2) is 0 Å². The van der Waals surface area contributed by atoms with Crippen molar-refractivity contribution in [2.45, 2.75) is 19.0 Å². The summed E-state index contributed by atoms with van der Waals surface area (Å²) >= 11 is 0. The molecule has 2 N–H and O–H groups in total. The van der Waals surface area contributed by atoms with Crippen LogP contribution in [0.1, 0.15) is 12.0 Å². The zero-order chi connectivity index (χ0) is 12.1. The third kappa shape index (κ3) is 3.01. The minimum Gasteiger partial charge on any atom is -0.394 e. The van der Waals surface area contributed by atoms with Crippen molar-refractivity contribution in [3.63, 3.8) is 0 Å². The van der Waals surface area contributed by atoms with Crippen molar-refractivity contribution in [2.75, 3.05) is 19.7 Å². The van der Waals surface area contributed by atoms with Gasteiger partial charge < -0.3 is 15.3 Å². The van der Waals surface area contributed by atoms with Crippen molar-refractivity contribution in [3.05, 3.63) is 30.1 Å². The summed E-state index contributed by atoms with van der Waals surface area (Å²) in [5.74, 6) is -0.0261. The molecule has 0 aliphatic carbocycles. The summed E-state index contributed by atoms with van der Waals surface area (Å²) in [7, 11) is 0. The fourth-order valence-corrected chi connectivity index (χ4v) is 1.97. The first kappa shape index (κ1) is 12.0. The molecule has 0 radical (unpaired) electrons. The van der Waals surface area contributed by atoms with Crippen LogP contribution in [0.2, 0.25) is 0 Å². The van der Waals surface area contributed by atoms with Crippen molar-refractivity contribution in [3.8, 4) is 0 Å². The smallest absolute Gasteiger partial charge is 0.242 e. The lowest BCUT2D eigenvalue weighted by Crippen LogP contribution is -2.45. The first-order valence-electron chi connectivity index (χ1n) is 5.83. The molecule has 17 heavy (non-hydrogen) atoms. The Morgan fingerprint density at radius 1 is 1.47 bits per heavy atom. The van der Waals surface area contributed by atoms with Gasteiger partial charge in [0.25, 0.3) is 0 Å². The van der Waals surface area contributed by atoms with Gasteiger partial charge in [0.2, 0.25) is 5.91 Å². The maximum Gasteiger partial charge on any atom is 0.242 e. The lowest BCUT2D eigenvalue weighted by atomic mass is 10.2. The van der Waals surface area contributed by atoms with Gasteiger partial charge in [-0.3, -0.25) is 9.78 Å². The standard InChI is InChI=1S/C12H17N3O2/c16-9-11-12(17)15(7-1-4-14-11)8-10-2-5-13-6-3-10/h2-3,5-6,11,14,16H,1,4,7-9H2. The van der Waals surface area contributed by atoms with Gasteiger partial charge in [-0.2, -0.15) is 0 Å². The van der Waals surface area contributed by atoms with E-state index in [1.165, 1.54) is 0 Å². The molecule has 1 unspecified atom stereocenters. The van der Waals surface area contributed by atoms with Crippen molar-refractivity contribution < 1.29 is 9.90 Å². The number of carbonyl (C=O) groups is 1. The van der Waals surface area contributed by atoms with Crippen LogP contribution in [0.15, 0.2) is 24.5 Å². The number of pyridine rings is 1. The molecule has 0 saturated carbocycles. The Morgan fingerprint density at radius 3 is 2.94 bits per heavy atom. The number of rotatable bonds is 3. The summed E-state index contributed by atoms with van der Waals surface area (Å²) in [6, 6.07) is 3.35. The summed E-state index contributed by atoms with van der Waals surface area (Å²) < 4.78 is 0. The molecule has 0 bridgehead atoms. The van der Waals surface area contributed by atoms with Crippen LogP contribution < -0.4 is 5.32 Å². The molecule has 1 saturated heterocycles. The van der Waals surface area contributed by atoms with E-state index in [4.69, 9.17) is 5.11 Å². The van der Waals surface area contributed by atoms with Crippen molar-refractivity contribution in [1.29, 1.82) is 0 Å². The molecule has 5 nitrogen and oxygen atoms in total. The summed E-state index contributed by atoms with van der Waals surface area (Å²) in [6.45, 7) is 1.93. The molecular formula is C12H17N3O2. The van der Waals surface area contributed by atoms with Crippen molar-refractivity contribution >= 4 is 5.91 Å². The van der Waals surface area contributed by atoms with Gasteiger partial charge in [0, 0.05) is 25.5 Å². The predicted molar refractivity (Wildman–Crippen MR) is 63.1 cm³/mol. The third-order valence-electron chi connectivity index (χ3n) is 2.91. The lowest BCUT2D eigenvalue weighted by molar-refractivity contribution is -0.134. The highest BCUT2D eigenvalue weighted by atomic mass is 16.3. The first-order chi connectivity index (χ1) is 8.31. The molecule has 2 rings (SSSR count). The maximum absolute atomic E-state index is 12.1. The number of aromatic nitrogens is 1. The summed E-state index contributed by atoms with van der Waals surface area (Å²) in [4.78, 5) is 17.8. The number of aliphatic hydroxyl groups is 1. The Balaban J connectivity index is 2.06. The average molecular weight is 235 g/mol. The summed E-state index contributed by atoms with van der Waals surface area (Å²) in [5, 5.41) is 12.2. The molecule has 0 spiro atoms. The molecule has 2 heterocycles. The quantitative estimate of drug-likeness (QED) is 0.759. The number of hydrogen-bond acceptors (Lipinski definition) is 4. The van der Waals surface area contributed by atoms with Crippen LogP contribution >= 0.6 is 0 Å². The van der Waals surface area contributed by atoms with Crippen LogP contribution in [-0.4, -0.2) is 46.6 Å². The van der Waals surface area contributed by atoms with Gasteiger partial charge in [-0.25, -0.2) is 0 Å². The number of nitrogens with zero attached hydrogens (tertiary/aromatic N) is 2. The second-order valence-electron chi connectivity index (χ2n) is 4.16. The molecule has 1 atom stereocenters. The van der Waals surface area contributed by atoms with Crippen LogP contribution in [0.3, 0.4) is 0 Å². The molecule has 1 aromatic rings. The minimum atomic E-state index is -0.459. The van der Waals surface area contributed by atoms with Gasteiger partial charge in [-0.05, 0) is 30.7 Å². The van der Waals surface area contributed by atoms with Crippen LogP contribution in [0.4, 0.5) is 0 Å². The Bertz CT molecular complexity index is 369. The van der Waals surface area contributed by atoms with E-state index in [9.17, 15) is 4.79 Å². The van der Waals surface area contributed by atoms with Crippen LogP contribution in [0.5, 0.6) is 0 Å². The fraction of sp³-hybridized carbons (Fsp3) is 0.500. The van der Waals surface area contributed by atoms with Crippen molar-refractivity contribution in [1.82, 2.24) is 15.2 Å². The van der Waals surface area contributed by atoms with Crippen LogP contribution in [0, 0.1) is 0 Å². The molecular weight excluding hydrogens is 218 g/mol. The Kier molecular flexibility index (Phi) is 4.06. The second kappa shape index (κ2) is 5.75. The number of nitrogens with one attached hydrogen (secondary N) is 1. The van der Waals surface area contributed by atoms with E-state index in [-0.39, 0.29) is 12.5 Å². The Labute approximate surface area is 100 Å². The molecule has 5 heteroatoms. The van der Waals surface area contributed by atoms with E-state index in [0.29, 0.717) is 6.54 Å². The summed E-state index contributed by atoms with van der Waals surface area (Å²) in [6.07, 6.45) is 4.35. The topological polar surface area (TPSA) is 65.5 Å². The highest BCUT2D eigenvalue weighted by Gasteiger charge is 2.25. The summed E-state index contributed by atoms with van der Waals surface area (Å²) in [5.41, 5.74) is 1.06. The van der Waals surface area contributed by atoms with Gasteiger partial charge in [0.05, 0.1) is 6.61 Å². The van der Waals surface area contributed by atoms with E-state index in [2.05, 4.69) is 10.3 Å². The van der Waals surface area contributed by atoms with E-state index in [0.717, 1.165) is 25.1 Å². The Hall–Kier alpha value is -1.46. The largest absolute Gasteiger partial charge is 0.394 e. The van der Waals surface area contributed by atoms with Gasteiger partial charge >= 0.3 is 0 Å². The van der Waals surface area contributed by atoms with E-state index in [1.807, 2.05) is 12.1 Å².